The highest BCUT2D eigenvalue weighted by Gasteiger charge is 2.38. The summed E-state index contributed by atoms with van der Waals surface area (Å²) in [5.74, 6) is 0.975. The topological polar surface area (TPSA) is 53.6 Å². The van der Waals surface area contributed by atoms with E-state index in [4.69, 9.17) is 4.74 Å². The molecule has 3 rings (SSSR count). The summed E-state index contributed by atoms with van der Waals surface area (Å²) in [5, 5.41) is 6.90. The summed E-state index contributed by atoms with van der Waals surface area (Å²) in [6, 6.07) is 0.997. The van der Waals surface area contributed by atoms with Gasteiger partial charge >= 0.3 is 0 Å². The van der Waals surface area contributed by atoms with Crippen LogP contribution in [0, 0.1) is 5.92 Å². The summed E-state index contributed by atoms with van der Waals surface area (Å²) in [6.07, 6.45) is 8.70. The van der Waals surface area contributed by atoms with Gasteiger partial charge in [-0.3, -0.25) is 4.79 Å². The number of carbonyl (C=O) groups is 1. The molecule has 1 amide bonds. The number of piperidine rings is 1. The van der Waals surface area contributed by atoms with Crippen molar-refractivity contribution in [3.05, 3.63) is 0 Å². The lowest BCUT2D eigenvalue weighted by molar-refractivity contribution is -0.124. The molecule has 2 heterocycles. The highest BCUT2D eigenvalue weighted by Crippen LogP contribution is 2.33. The van der Waals surface area contributed by atoms with Crippen LogP contribution in [0.25, 0.3) is 0 Å². The van der Waals surface area contributed by atoms with Gasteiger partial charge in [0.2, 0.25) is 5.91 Å². The van der Waals surface area contributed by atoms with E-state index in [1.807, 2.05) is 0 Å². The maximum absolute atomic E-state index is 12.6. The molecular weight excluding hydrogens is 373 g/mol. The summed E-state index contributed by atoms with van der Waals surface area (Å²) in [6.45, 7) is 8.10. The van der Waals surface area contributed by atoms with Crippen LogP contribution in [0.4, 0.5) is 0 Å². The summed E-state index contributed by atoms with van der Waals surface area (Å²) >= 11 is 0. The number of hydrogen-bond acceptors (Lipinski definition) is 4. The zero-order valence-corrected chi connectivity index (χ0v) is 17.9. The number of likely N-dealkylation sites (tertiary alicyclic amines) is 1. The SMILES string of the molecule is CC(C)OCCN1CCC(NC(=O)C2CC3CCCCC3N2)CC1.Cl.Cl. The fourth-order valence-electron chi connectivity index (χ4n) is 4.54. The van der Waals surface area contributed by atoms with E-state index < -0.39 is 0 Å². The molecule has 2 aliphatic heterocycles. The molecule has 1 saturated carbocycles. The van der Waals surface area contributed by atoms with Gasteiger partial charge in [-0.05, 0) is 51.9 Å². The molecule has 3 atom stereocenters. The Morgan fingerprint density at radius 3 is 2.50 bits per heavy atom. The zero-order chi connectivity index (χ0) is 16.9. The Bertz CT molecular complexity index is 404. The van der Waals surface area contributed by atoms with Gasteiger partial charge in [0.15, 0.2) is 0 Å². The van der Waals surface area contributed by atoms with Crippen molar-refractivity contribution in [2.45, 2.75) is 83.0 Å². The summed E-state index contributed by atoms with van der Waals surface area (Å²) < 4.78 is 5.63. The first-order valence-corrected chi connectivity index (χ1v) is 10.0. The molecule has 5 nitrogen and oxygen atoms in total. The minimum Gasteiger partial charge on any atom is -0.377 e. The van der Waals surface area contributed by atoms with Gasteiger partial charge in [0.25, 0.3) is 0 Å². The van der Waals surface area contributed by atoms with Crippen molar-refractivity contribution in [3.63, 3.8) is 0 Å². The Balaban J connectivity index is 0.00000169. The van der Waals surface area contributed by atoms with Crippen molar-refractivity contribution in [2.24, 2.45) is 5.92 Å². The van der Waals surface area contributed by atoms with E-state index >= 15 is 0 Å². The van der Waals surface area contributed by atoms with Crippen LogP contribution in [-0.4, -0.2) is 61.3 Å². The van der Waals surface area contributed by atoms with Gasteiger partial charge < -0.3 is 20.3 Å². The number of rotatable bonds is 6. The Hall–Kier alpha value is -0.0700. The van der Waals surface area contributed by atoms with Crippen molar-refractivity contribution in [2.75, 3.05) is 26.2 Å². The van der Waals surface area contributed by atoms with E-state index in [-0.39, 0.29) is 36.8 Å². The van der Waals surface area contributed by atoms with Crippen LogP contribution >= 0.6 is 24.8 Å². The molecule has 3 aliphatic rings. The molecule has 0 aromatic heterocycles. The summed E-state index contributed by atoms with van der Waals surface area (Å²) in [7, 11) is 0. The third-order valence-corrected chi connectivity index (χ3v) is 5.97. The van der Waals surface area contributed by atoms with E-state index in [1.165, 1.54) is 25.7 Å². The predicted molar refractivity (Wildman–Crippen MR) is 110 cm³/mol. The normalized spacial score (nSPS) is 29.6. The number of halogens is 2. The second-order valence-corrected chi connectivity index (χ2v) is 8.15. The number of nitrogens with one attached hydrogen (secondary N) is 2. The molecule has 3 fully saturated rings. The van der Waals surface area contributed by atoms with Crippen LogP contribution in [0.5, 0.6) is 0 Å². The second-order valence-electron chi connectivity index (χ2n) is 8.15. The number of amides is 1. The molecule has 0 spiro atoms. The van der Waals surface area contributed by atoms with Gasteiger partial charge in [-0.15, -0.1) is 24.8 Å². The zero-order valence-electron chi connectivity index (χ0n) is 16.2. The monoisotopic (exact) mass is 409 g/mol. The summed E-state index contributed by atoms with van der Waals surface area (Å²) in [4.78, 5) is 15.0. The maximum atomic E-state index is 12.6. The molecule has 26 heavy (non-hydrogen) atoms. The van der Waals surface area contributed by atoms with E-state index in [0.29, 0.717) is 18.2 Å². The molecule has 0 bridgehead atoms. The van der Waals surface area contributed by atoms with Gasteiger partial charge in [0.05, 0.1) is 18.8 Å². The lowest BCUT2D eigenvalue weighted by Gasteiger charge is -2.33. The molecule has 0 aromatic carbocycles. The summed E-state index contributed by atoms with van der Waals surface area (Å²) in [5.41, 5.74) is 0. The fourth-order valence-corrected chi connectivity index (χ4v) is 4.54. The van der Waals surface area contributed by atoms with Crippen LogP contribution < -0.4 is 10.6 Å². The maximum Gasteiger partial charge on any atom is 0.237 e. The lowest BCUT2D eigenvalue weighted by atomic mass is 9.85. The molecule has 1 aliphatic carbocycles. The van der Waals surface area contributed by atoms with Crippen molar-refractivity contribution in [1.82, 2.24) is 15.5 Å². The Morgan fingerprint density at radius 1 is 1.15 bits per heavy atom. The first kappa shape index (κ1) is 24.0. The van der Waals surface area contributed by atoms with Gasteiger partial charge in [0.1, 0.15) is 0 Å². The molecule has 154 valence electrons. The van der Waals surface area contributed by atoms with Crippen molar-refractivity contribution in [1.29, 1.82) is 0 Å². The molecular formula is C19H37Cl2N3O2. The molecule has 3 unspecified atom stereocenters. The Kier molecular flexibility index (Phi) is 10.8. The van der Waals surface area contributed by atoms with Crippen molar-refractivity contribution in [3.8, 4) is 0 Å². The second kappa shape index (κ2) is 11.7. The van der Waals surface area contributed by atoms with E-state index in [1.54, 1.807) is 0 Å². The number of fused-ring (bicyclic) bond motifs is 1. The first-order valence-electron chi connectivity index (χ1n) is 10.0. The number of ether oxygens (including phenoxy) is 1. The lowest BCUT2D eigenvalue weighted by Crippen LogP contribution is -2.50. The van der Waals surface area contributed by atoms with Crippen LogP contribution in [0.3, 0.4) is 0 Å². The first-order chi connectivity index (χ1) is 11.6. The Labute approximate surface area is 171 Å². The Morgan fingerprint density at radius 2 is 1.85 bits per heavy atom. The number of hydrogen-bond donors (Lipinski definition) is 2. The fraction of sp³-hybridized carbons (Fsp3) is 0.947. The smallest absolute Gasteiger partial charge is 0.237 e. The number of nitrogens with zero attached hydrogens (tertiary/aromatic N) is 1. The van der Waals surface area contributed by atoms with Crippen molar-refractivity contribution < 1.29 is 9.53 Å². The minimum absolute atomic E-state index is 0. The molecule has 7 heteroatoms. The molecule has 2 N–H and O–H groups in total. The predicted octanol–water partition coefficient (Wildman–Crippen LogP) is 2.76. The average molecular weight is 410 g/mol. The highest BCUT2D eigenvalue weighted by atomic mass is 35.5. The largest absolute Gasteiger partial charge is 0.377 e. The standard InChI is InChI=1S/C19H35N3O2.2ClH/c1-14(2)24-12-11-22-9-7-16(8-10-22)20-19(23)18-13-15-5-3-4-6-17(15)21-18;;/h14-18,21H,3-13H2,1-2H3,(H,20,23);2*1H. The van der Waals surface area contributed by atoms with E-state index in [0.717, 1.165) is 51.4 Å². The van der Waals surface area contributed by atoms with Gasteiger partial charge in [-0.2, -0.15) is 0 Å². The minimum atomic E-state index is 0. The van der Waals surface area contributed by atoms with Gasteiger partial charge in [-0.1, -0.05) is 12.8 Å². The van der Waals surface area contributed by atoms with Crippen LogP contribution in [0.2, 0.25) is 0 Å². The van der Waals surface area contributed by atoms with Crippen LogP contribution in [0.1, 0.15) is 58.8 Å². The molecule has 2 saturated heterocycles. The van der Waals surface area contributed by atoms with Crippen LogP contribution in [0.15, 0.2) is 0 Å². The van der Waals surface area contributed by atoms with Crippen molar-refractivity contribution >= 4 is 30.7 Å². The molecule has 0 radical (unpaired) electrons. The quantitative estimate of drug-likeness (QED) is 0.707. The van der Waals surface area contributed by atoms with Gasteiger partial charge in [-0.25, -0.2) is 0 Å². The third kappa shape index (κ3) is 6.83. The number of carbonyl (C=O) groups excluding carboxylic acids is 1. The van der Waals surface area contributed by atoms with Gasteiger partial charge in [0, 0.05) is 31.7 Å². The van der Waals surface area contributed by atoms with Crippen LogP contribution in [-0.2, 0) is 9.53 Å². The third-order valence-electron chi connectivity index (χ3n) is 5.97. The average Bonchev–Trinajstić information content (AvgIpc) is 3.00. The van der Waals surface area contributed by atoms with E-state index in [9.17, 15) is 4.79 Å². The van der Waals surface area contributed by atoms with E-state index in [2.05, 4.69) is 29.4 Å². The highest BCUT2D eigenvalue weighted by molar-refractivity contribution is 5.85. The molecule has 0 aromatic rings.